The second-order valence-electron chi connectivity index (χ2n) is 8.97. The molecule has 1 N–H and O–H groups in total. The van der Waals surface area contributed by atoms with Gasteiger partial charge in [0.1, 0.15) is 5.75 Å². The Morgan fingerprint density at radius 3 is 2.20 bits per heavy atom. The van der Waals surface area contributed by atoms with Crippen LogP contribution >= 0.6 is 15.9 Å². The van der Waals surface area contributed by atoms with Crippen LogP contribution in [-0.2, 0) is 4.79 Å². The van der Waals surface area contributed by atoms with Crippen LogP contribution in [0.3, 0.4) is 0 Å². The van der Waals surface area contributed by atoms with Crippen LogP contribution in [0.2, 0.25) is 0 Å². The summed E-state index contributed by atoms with van der Waals surface area (Å²) in [6.07, 6.45) is 15.7. The van der Waals surface area contributed by atoms with Gasteiger partial charge in [0.2, 0.25) is 5.91 Å². The largest absolute Gasteiger partial charge is 0.422 e. The second kappa shape index (κ2) is 17.0. The average molecular weight is 544 g/mol. The number of unbranched alkanes of at least 4 members (excludes halogenated alkanes) is 10. The first kappa shape index (κ1) is 28.8. The third kappa shape index (κ3) is 11.7. The summed E-state index contributed by atoms with van der Waals surface area (Å²) in [6, 6.07) is 12.6. The second-order valence-corrected chi connectivity index (χ2v) is 9.88. The van der Waals surface area contributed by atoms with Gasteiger partial charge >= 0.3 is 5.97 Å². The van der Waals surface area contributed by atoms with E-state index < -0.39 is 5.97 Å². The summed E-state index contributed by atoms with van der Waals surface area (Å²) >= 11 is 3.43. The van der Waals surface area contributed by atoms with Crippen molar-refractivity contribution in [2.75, 3.05) is 0 Å². The van der Waals surface area contributed by atoms with Gasteiger partial charge in [0, 0.05) is 16.5 Å². The molecule has 0 atom stereocenters. The van der Waals surface area contributed by atoms with Gasteiger partial charge in [-0.25, -0.2) is 10.2 Å². The molecule has 0 spiro atoms. The molecule has 0 aliphatic carbocycles. The fraction of sp³-hybridized carbons (Fsp3) is 0.483. The Hall–Kier alpha value is -2.47. The predicted molar refractivity (Wildman–Crippen MR) is 147 cm³/mol. The van der Waals surface area contributed by atoms with E-state index in [1.165, 1.54) is 64.0 Å². The number of hydrogen-bond acceptors (Lipinski definition) is 4. The van der Waals surface area contributed by atoms with E-state index >= 15 is 0 Å². The zero-order valence-electron chi connectivity index (χ0n) is 21.2. The first-order valence-electron chi connectivity index (χ1n) is 12.9. The summed E-state index contributed by atoms with van der Waals surface area (Å²) < 4.78 is 6.43. The molecule has 2 aromatic carbocycles. The fourth-order valence-corrected chi connectivity index (χ4v) is 4.23. The lowest BCUT2D eigenvalue weighted by molar-refractivity contribution is -0.121. The van der Waals surface area contributed by atoms with Crippen molar-refractivity contribution >= 4 is 34.0 Å². The predicted octanol–water partition coefficient (Wildman–Crippen LogP) is 8.13. The number of carbonyl (C=O) groups excluding carboxylic acids is 2. The molecule has 0 aliphatic rings. The molecule has 1 amide bonds. The molecule has 190 valence electrons. The summed E-state index contributed by atoms with van der Waals surface area (Å²) in [5.74, 6) is -0.156. The average Bonchev–Trinajstić information content (AvgIpc) is 2.84. The maximum Gasteiger partial charge on any atom is 0.343 e. The molecule has 0 bridgehead atoms. The quantitative estimate of drug-likeness (QED) is 0.0764. The molecule has 2 aromatic rings. The Labute approximate surface area is 218 Å². The van der Waals surface area contributed by atoms with Gasteiger partial charge in [-0.15, -0.1) is 0 Å². The van der Waals surface area contributed by atoms with E-state index in [2.05, 4.69) is 33.4 Å². The summed E-state index contributed by atoms with van der Waals surface area (Å²) in [6.45, 7) is 4.11. The van der Waals surface area contributed by atoms with Crippen molar-refractivity contribution in [1.82, 2.24) is 5.43 Å². The molecule has 5 nitrogen and oxygen atoms in total. The van der Waals surface area contributed by atoms with Gasteiger partial charge < -0.3 is 4.74 Å². The van der Waals surface area contributed by atoms with Crippen LogP contribution in [0.4, 0.5) is 0 Å². The number of nitrogens with zero attached hydrogens (tertiary/aromatic N) is 1. The van der Waals surface area contributed by atoms with Crippen molar-refractivity contribution < 1.29 is 14.3 Å². The molecule has 0 saturated heterocycles. The minimum atomic E-state index is -0.430. The molecule has 0 heterocycles. The van der Waals surface area contributed by atoms with Gasteiger partial charge in [0.15, 0.2) is 0 Å². The van der Waals surface area contributed by atoms with E-state index in [9.17, 15) is 9.59 Å². The maximum atomic E-state index is 12.6. The van der Waals surface area contributed by atoms with Crippen LogP contribution in [-0.4, -0.2) is 18.1 Å². The van der Waals surface area contributed by atoms with E-state index in [0.717, 1.165) is 22.9 Å². The van der Waals surface area contributed by atoms with Gasteiger partial charge in [0.05, 0.1) is 11.8 Å². The maximum absolute atomic E-state index is 12.6. The molecule has 0 unspecified atom stereocenters. The number of ether oxygens (including phenoxy) is 1. The van der Waals surface area contributed by atoms with Crippen LogP contribution in [0.15, 0.2) is 52.0 Å². The molecular weight excluding hydrogens is 504 g/mol. The van der Waals surface area contributed by atoms with E-state index in [4.69, 9.17) is 4.74 Å². The Balaban J connectivity index is 1.71. The highest BCUT2D eigenvalue weighted by molar-refractivity contribution is 9.10. The van der Waals surface area contributed by atoms with Crippen molar-refractivity contribution in [3.8, 4) is 5.75 Å². The number of amides is 1. The van der Waals surface area contributed by atoms with Crippen molar-refractivity contribution in [3.63, 3.8) is 0 Å². The van der Waals surface area contributed by atoms with Crippen LogP contribution in [0.5, 0.6) is 5.75 Å². The minimum absolute atomic E-state index is 0.106. The minimum Gasteiger partial charge on any atom is -0.422 e. The van der Waals surface area contributed by atoms with Crippen LogP contribution in [0.1, 0.15) is 105 Å². The topological polar surface area (TPSA) is 67.8 Å². The van der Waals surface area contributed by atoms with Gasteiger partial charge in [-0.1, -0.05) is 105 Å². The lowest BCUT2D eigenvalue weighted by Crippen LogP contribution is -2.17. The molecule has 35 heavy (non-hydrogen) atoms. The number of hydrogen-bond donors (Lipinski definition) is 1. The summed E-state index contributed by atoms with van der Waals surface area (Å²) in [5, 5.41) is 4.07. The zero-order chi connectivity index (χ0) is 25.3. The zero-order valence-corrected chi connectivity index (χ0v) is 22.7. The highest BCUT2D eigenvalue weighted by Crippen LogP contribution is 2.23. The van der Waals surface area contributed by atoms with Crippen molar-refractivity contribution in [3.05, 3.63) is 63.6 Å². The summed E-state index contributed by atoms with van der Waals surface area (Å²) in [4.78, 5) is 24.7. The molecular formula is C29H39BrN2O3. The van der Waals surface area contributed by atoms with Gasteiger partial charge in [0.25, 0.3) is 0 Å². The number of benzene rings is 2. The summed E-state index contributed by atoms with van der Waals surface area (Å²) in [7, 11) is 0. The van der Waals surface area contributed by atoms with E-state index in [0.29, 0.717) is 23.3 Å². The third-order valence-electron chi connectivity index (χ3n) is 5.94. The highest BCUT2D eigenvalue weighted by atomic mass is 79.9. The van der Waals surface area contributed by atoms with E-state index in [-0.39, 0.29) is 5.91 Å². The Morgan fingerprint density at radius 2 is 1.54 bits per heavy atom. The molecule has 0 fully saturated rings. The van der Waals surface area contributed by atoms with Gasteiger partial charge in [-0.3, -0.25) is 4.79 Å². The van der Waals surface area contributed by atoms with E-state index in [1.54, 1.807) is 30.3 Å². The van der Waals surface area contributed by atoms with Crippen molar-refractivity contribution in [2.24, 2.45) is 5.10 Å². The molecule has 2 rings (SSSR count). The van der Waals surface area contributed by atoms with Crippen molar-refractivity contribution in [1.29, 1.82) is 0 Å². The number of aryl methyl sites for hydroxylation is 1. The number of halogens is 1. The van der Waals surface area contributed by atoms with Crippen molar-refractivity contribution in [2.45, 2.75) is 90.9 Å². The monoisotopic (exact) mass is 542 g/mol. The molecule has 0 aliphatic heterocycles. The SMILES string of the molecule is CCCCCCCCCCCCCC(=O)NN=Cc1cc(Br)ccc1OC(=O)c1ccccc1C. The summed E-state index contributed by atoms with van der Waals surface area (Å²) in [5.41, 5.74) is 4.54. The first-order valence-corrected chi connectivity index (χ1v) is 13.7. The number of hydrazone groups is 1. The van der Waals surface area contributed by atoms with Crippen LogP contribution < -0.4 is 10.2 Å². The molecule has 0 saturated carbocycles. The Kier molecular flexibility index (Phi) is 14.0. The number of carbonyl (C=O) groups is 2. The number of esters is 1. The molecule has 0 radical (unpaired) electrons. The number of rotatable bonds is 16. The molecule has 6 heteroatoms. The lowest BCUT2D eigenvalue weighted by Gasteiger charge is -2.09. The van der Waals surface area contributed by atoms with Gasteiger partial charge in [-0.2, -0.15) is 5.10 Å². The number of nitrogens with one attached hydrogen (secondary N) is 1. The fourth-order valence-electron chi connectivity index (χ4n) is 3.85. The molecule has 0 aromatic heterocycles. The lowest BCUT2D eigenvalue weighted by atomic mass is 10.1. The standard InChI is InChI=1S/C29H39BrN2O3/c1-3-4-5-6-7-8-9-10-11-12-13-18-28(33)32-31-22-24-21-25(30)19-20-27(24)35-29(34)26-17-15-14-16-23(26)2/h14-17,19-22H,3-13,18H2,1-2H3,(H,32,33). The smallest absolute Gasteiger partial charge is 0.343 e. The van der Waals surface area contributed by atoms with Gasteiger partial charge in [-0.05, 0) is 43.2 Å². The normalized spacial score (nSPS) is 11.1. The highest BCUT2D eigenvalue weighted by Gasteiger charge is 2.13. The third-order valence-corrected chi connectivity index (χ3v) is 6.43. The Bertz CT molecular complexity index is 959. The van der Waals surface area contributed by atoms with E-state index in [1.807, 2.05) is 19.1 Å². The van der Waals surface area contributed by atoms with Crippen LogP contribution in [0, 0.1) is 6.92 Å². The van der Waals surface area contributed by atoms with Crippen LogP contribution in [0.25, 0.3) is 0 Å². The Morgan fingerprint density at radius 1 is 0.914 bits per heavy atom. The first-order chi connectivity index (χ1) is 17.0.